The van der Waals surface area contributed by atoms with E-state index in [0.717, 1.165) is 17.7 Å². The van der Waals surface area contributed by atoms with Gasteiger partial charge in [0, 0.05) is 60.7 Å². The summed E-state index contributed by atoms with van der Waals surface area (Å²) in [6.07, 6.45) is 4.52. The lowest BCUT2D eigenvalue weighted by molar-refractivity contribution is 0.0748. The molecule has 3 aromatic heterocycles. The van der Waals surface area contributed by atoms with E-state index in [-0.39, 0.29) is 29.5 Å². The average molecular weight is 548 g/mol. The summed E-state index contributed by atoms with van der Waals surface area (Å²) in [5.41, 5.74) is 7.72. The highest BCUT2D eigenvalue weighted by molar-refractivity contribution is 5.95. The van der Waals surface area contributed by atoms with Gasteiger partial charge in [0.15, 0.2) is 11.6 Å². The molecule has 12 heteroatoms. The summed E-state index contributed by atoms with van der Waals surface area (Å²) in [4.78, 5) is 27.9. The van der Waals surface area contributed by atoms with Gasteiger partial charge in [-0.1, -0.05) is 0 Å². The van der Waals surface area contributed by atoms with E-state index in [1.54, 1.807) is 35.5 Å². The lowest BCUT2D eigenvalue weighted by atomic mass is 9.95. The first-order valence-corrected chi connectivity index (χ1v) is 12.8. The first-order chi connectivity index (χ1) is 19.1. The number of halogens is 2. The molecule has 10 nitrogen and oxygen atoms in total. The summed E-state index contributed by atoms with van der Waals surface area (Å²) >= 11 is 0. The number of amides is 1. The molecule has 1 aliphatic heterocycles. The molecule has 2 fully saturated rings. The fourth-order valence-corrected chi connectivity index (χ4v) is 5.08. The number of aliphatic hydroxyl groups excluding tert-OH is 1. The number of nitrogens with zero attached hydrogens (tertiary/aromatic N) is 6. The lowest BCUT2D eigenvalue weighted by Crippen LogP contribution is -2.33. The normalized spacial score (nSPS) is 19.9. The Balaban J connectivity index is 1.17. The maximum atomic E-state index is 13.9. The monoisotopic (exact) mass is 547 g/mol. The van der Waals surface area contributed by atoms with Crippen LogP contribution in [0.15, 0.2) is 55.0 Å². The number of aromatic nitrogens is 5. The van der Waals surface area contributed by atoms with Crippen LogP contribution < -0.4 is 10.5 Å². The van der Waals surface area contributed by atoms with Gasteiger partial charge in [0.25, 0.3) is 5.91 Å². The molecule has 3 N–H and O–H groups in total. The van der Waals surface area contributed by atoms with Crippen LogP contribution in [0.2, 0.25) is 0 Å². The van der Waals surface area contributed by atoms with Crippen LogP contribution in [0.1, 0.15) is 35.5 Å². The molecule has 0 radical (unpaired) electrons. The molecule has 1 aromatic carbocycles. The number of benzene rings is 1. The topological polar surface area (TPSA) is 132 Å². The Morgan fingerprint density at radius 3 is 2.50 bits per heavy atom. The van der Waals surface area contributed by atoms with Gasteiger partial charge in [-0.15, -0.1) is 0 Å². The number of fused-ring (bicyclic) bond motifs is 1. The van der Waals surface area contributed by atoms with Crippen LogP contribution in [0.3, 0.4) is 0 Å². The standard InChI is InChI=1S/C28H27F2N7O3/c1-28(2,31)16-9-22(15-4-5-20(29)21(30)8-15)34-24(10-16)40-25-17-11-36(12-18(17)25)26(39)19-13-37(35-23(19)14-38)27-32-6-3-7-33-27/h3-10,13,17-18,25,38H,11-12,14,31H2,1-2H3/t17-,18+,25+. The maximum absolute atomic E-state index is 13.9. The smallest absolute Gasteiger partial charge is 0.257 e. The Morgan fingerprint density at radius 1 is 1.12 bits per heavy atom. The Bertz CT molecular complexity index is 1580. The van der Waals surface area contributed by atoms with Crippen LogP contribution in [0.5, 0.6) is 5.88 Å². The van der Waals surface area contributed by atoms with E-state index in [4.69, 9.17) is 10.5 Å². The largest absolute Gasteiger partial charge is 0.474 e. The first-order valence-electron chi connectivity index (χ1n) is 12.8. The van der Waals surface area contributed by atoms with Gasteiger partial charge in [-0.2, -0.15) is 5.10 Å². The average Bonchev–Trinajstić information content (AvgIpc) is 3.28. The number of aliphatic hydroxyl groups is 1. The molecule has 0 spiro atoms. The van der Waals surface area contributed by atoms with E-state index in [1.807, 2.05) is 13.8 Å². The number of ether oxygens (including phenoxy) is 1. The molecule has 1 amide bonds. The van der Waals surface area contributed by atoms with Gasteiger partial charge in [0.2, 0.25) is 11.8 Å². The Kier molecular flexibility index (Phi) is 6.31. The second-order valence-corrected chi connectivity index (χ2v) is 10.7. The summed E-state index contributed by atoms with van der Waals surface area (Å²) in [7, 11) is 0. The van der Waals surface area contributed by atoms with Gasteiger partial charge in [-0.25, -0.2) is 28.4 Å². The van der Waals surface area contributed by atoms with Crippen molar-refractivity contribution >= 4 is 5.91 Å². The van der Waals surface area contributed by atoms with E-state index in [0.29, 0.717) is 41.7 Å². The number of carbonyl (C=O) groups excluding carboxylic acids is 1. The van der Waals surface area contributed by atoms with Crippen LogP contribution in [0.4, 0.5) is 8.78 Å². The van der Waals surface area contributed by atoms with Crippen molar-refractivity contribution in [3.63, 3.8) is 0 Å². The number of rotatable bonds is 7. The molecule has 4 aromatic rings. The van der Waals surface area contributed by atoms with E-state index >= 15 is 0 Å². The summed E-state index contributed by atoms with van der Waals surface area (Å²) in [5.74, 6) is -1.29. The molecule has 0 unspecified atom stereocenters. The minimum atomic E-state index is -0.966. The number of likely N-dealkylation sites (tertiary alicyclic amines) is 1. The van der Waals surface area contributed by atoms with Gasteiger partial charge in [-0.05, 0) is 49.7 Å². The summed E-state index contributed by atoms with van der Waals surface area (Å²) in [6.45, 7) is 4.23. The summed E-state index contributed by atoms with van der Waals surface area (Å²) in [6, 6.07) is 8.79. The summed E-state index contributed by atoms with van der Waals surface area (Å²) < 4.78 is 35.0. The third kappa shape index (κ3) is 4.80. The number of piperidine rings is 1. The number of carbonyl (C=O) groups is 1. The molecule has 40 heavy (non-hydrogen) atoms. The summed E-state index contributed by atoms with van der Waals surface area (Å²) in [5, 5.41) is 14.1. The number of hydrogen-bond acceptors (Lipinski definition) is 8. The zero-order valence-corrected chi connectivity index (χ0v) is 21.8. The maximum Gasteiger partial charge on any atom is 0.257 e. The minimum Gasteiger partial charge on any atom is -0.474 e. The van der Waals surface area contributed by atoms with Crippen molar-refractivity contribution < 1.29 is 23.4 Å². The molecule has 1 aliphatic carbocycles. The quantitative estimate of drug-likeness (QED) is 0.361. The van der Waals surface area contributed by atoms with Crippen LogP contribution in [-0.2, 0) is 12.1 Å². The van der Waals surface area contributed by atoms with Crippen LogP contribution in [0, 0.1) is 23.5 Å². The van der Waals surface area contributed by atoms with Crippen molar-refractivity contribution in [2.24, 2.45) is 17.6 Å². The van der Waals surface area contributed by atoms with Crippen LogP contribution in [-0.4, -0.2) is 59.8 Å². The fraction of sp³-hybridized carbons (Fsp3) is 0.321. The zero-order valence-electron chi connectivity index (χ0n) is 21.8. The predicted molar refractivity (Wildman–Crippen MR) is 139 cm³/mol. The van der Waals surface area contributed by atoms with E-state index in [1.165, 1.54) is 16.9 Å². The Morgan fingerprint density at radius 2 is 1.85 bits per heavy atom. The van der Waals surface area contributed by atoms with E-state index in [9.17, 15) is 18.7 Å². The number of pyridine rings is 1. The molecular weight excluding hydrogens is 520 g/mol. The number of hydrogen-bond donors (Lipinski definition) is 2. The van der Waals surface area contributed by atoms with Gasteiger partial charge in [0.05, 0.1) is 17.9 Å². The van der Waals surface area contributed by atoms with Crippen molar-refractivity contribution in [1.82, 2.24) is 29.6 Å². The molecule has 3 atom stereocenters. The molecule has 1 saturated carbocycles. The van der Waals surface area contributed by atoms with Crippen molar-refractivity contribution in [2.45, 2.75) is 32.1 Å². The van der Waals surface area contributed by atoms with Crippen LogP contribution >= 0.6 is 0 Å². The highest BCUT2D eigenvalue weighted by atomic mass is 19.2. The molecular formula is C28H27F2N7O3. The van der Waals surface area contributed by atoms with Gasteiger partial charge >= 0.3 is 0 Å². The van der Waals surface area contributed by atoms with E-state index in [2.05, 4.69) is 20.1 Å². The molecule has 0 bridgehead atoms. The molecule has 6 rings (SSSR count). The fourth-order valence-electron chi connectivity index (χ4n) is 5.08. The third-order valence-corrected chi connectivity index (χ3v) is 7.35. The third-order valence-electron chi connectivity index (χ3n) is 7.35. The van der Waals surface area contributed by atoms with Crippen molar-refractivity contribution in [1.29, 1.82) is 0 Å². The predicted octanol–water partition coefficient (Wildman–Crippen LogP) is 2.84. The molecule has 2 aliphatic rings. The lowest BCUT2D eigenvalue weighted by Gasteiger charge is -2.22. The van der Waals surface area contributed by atoms with Crippen molar-refractivity contribution in [2.75, 3.05) is 13.1 Å². The zero-order chi connectivity index (χ0) is 28.2. The van der Waals surface area contributed by atoms with Crippen molar-refractivity contribution in [3.05, 3.63) is 83.4 Å². The first kappa shape index (κ1) is 26.0. The van der Waals surface area contributed by atoms with Crippen molar-refractivity contribution in [3.8, 4) is 23.1 Å². The van der Waals surface area contributed by atoms with Crippen LogP contribution in [0.25, 0.3) is 17.2 Å². The van der Waals surface area contributed by atoms with Gasteiger partial charge < -0.3 is 20.5 Å². The minimum absolute atomic E-state index is 0.108. The second kappa shape index (κ2) is 9.72. The Hall–Kier alpha value is -4.29. The molecule has 206 valence electrons. The number of nitrogens with two attached hydrogens (primary N) is 1. The molecule has 4 heterocycles. The Labute approximate surface area is 228 Å². The van der Waals surface area contributed by atoms with Gasteiger partial charge in [0.1, 0.15) is 11.8 Å². The van der Waals surface area contributed by atoms with Gasteiger partial charge in [-0.3, -0.25) is 4.79 Å². The highest BCUT2D eigenvalue weighted by Crippen LogP contribution is 2.48. The molecule has 1 saturated heterocycles. The second-order valence-electron chi connectivity index (χ2n) is 10.7. The van der Waals surface area contributed by atoms with E-state index < -0.39 is 23.8 Å². The highest BCUT2D eigenvalue weighted by Gasteiger charge is 2.59. The SMILES string of the molecule is CC(C)(N)c1cc(O[C@H]2[C@@H]3CN(C(=O)c4cn(-c5ncccn5)nc4CO)C[C@@H]32)nc(-c2ccc(F)c(F)c2)c1.